The molecular weight excluding hydrogens is 669 g/mol. The molecule has 244 valence electrons. The Labute approximate surface area is 279 Å². The van der Waals surface area contributed by atoms with Crippen molar-refractivity contribution in [2.45, 2.75) is 50.5 Å². The van der Waals surface area contributed by atoms with Crippen LogP contribution >= 0.6 is 23.1 Å². The van der Waals surface area contributed by atoms with Gasteiger partial charge in [0.15, 0.2) is 33.8 Å². The van der Waals surface area contributed by atoms with Crippen LogP contribution in [0.3, 0.4) is 0 Å². The number of fused-ring (bicyclic) bond motifs is 2. The number of halogens is 2. The summed E-state index contributed by atoms with van der Waals surface area (Å²) in [5, 5.41) is 3.93. The summed E-state index contributed by atoms with van der Waals surface area (Å²) >= 11 is 7.08. The molecule has 0 radical (unpaired) electrons. The number of aromatic nitrogens is 3. The molecular formula is C32H29ClFN5O6S2. The molecule has 0 N–H and O–H groups in total. The minimum atomic E-state index is -3.57. The highest BCUT2D eigenvalue weighted by molar-refractivity contribution is 7.90. The molecule has 4 heterocycles. The van der Waals surface area contributed by atoms with E-state index in [9.17, 15) is 22.4 Å². The van der Waals surface area contributed by atoms with Gasteiger partial charge in [-0.05, 0) is 42.5 Å². The Kier molecular flexibility index (Phi) is 8.58. The van der Waals surface area contributed by atoms with Gasteiger partial charge in [-0.1, -0.05) is 36.5 Å². The maximum absolute atomic E-state index is 14.5. The van der Waals surface area contributed by atoms with Crippen LogP contribution < -0.4 is 14.4 Å². The quantitative estimate of drug-likeness (QED) is 0.201. The second-order valence-corrected chi connectivity index (χ2v) is 15.4. The van der Waals surface area contributed by atoms with Crippen LogP contribution in [0.2, 0.25) is 5.02 Å². The van der Waals surface area contributed by atoms with Crippen molar-refractivity contribution in [2.75, 3.05) is 24.3 Å². The summed E-state index contributed by atoms with van der Waals surface area (Å²) in [5.74, 6) is 3.26. The van der Waals surface area contributed by atoms with Gasteiger partial charge in [-0.25, -0.2) is 17.8 Å². The molecule has 1 fully saturated rings. The van der Waals surface area contributed by atoms with Crippen molar-refractivity contribution in [2.24, 2.45) is 10.4 Å². The van der Waals surface area contributed by atoms with Crippen LogP contribution in [-0.2, 0) is 27.6 Å². The lowest BCUT2D eigenvalue weighted by molar-refractivity contribution is -0.121. The molecule has 0 unspecified atom stereocenters. The maximum Gasteiger partial charge on any atom is 0.265 e. The van der Waals surface area contributed by atoms with Gasteiger partial charge in [0.05, 0.1) is 28.9 Å². The first kappa shape index (κ1) is 32.6. The third-order valence-electron chi connectivity index (χ3n) is 7.81. The summed E-state index contributed by atoms with van der Waals surface area (Å²) < 4.78 is 55.2. The first-order valence-electron chi connectivity index (χ1n) is 14.5. The average Bonchev–Trinajstić information content (AvgIpc) is 3.50. The molecule has 1 aliphatic carbocycles. The standard InChI is InChI=1S/C18H17FN4O2S.C14H12ClNO4S/c1-4-5-22-13-7-12(11(19)6-14(13)25-9-16(22)24)20-17-23-10-18(2,3)8-15(23)21-26-17;1-21(18,19)12-6-9(15)4-5-10(12)13(17)11-7-16-20-14(11)8-2-3-8/h1,6-7H,5,8-10H2,2-3H3;4-8H,2-3H2,1H3. The minimum absolute atomic E-state index is 0.0806. The highest BCUT2D eigenvalue weighted by Crippen LogP contribution is 2.42. The summed E-state index contributed by atoms with van der Waals surface area (Å²) in [7, 11) is -3.57. The molecule has 0 bridgehead atoms. The number of anilines is 1. The number of ketones is 1. The van der Waals surface area contributed by atoms with Crippen LogP contribution in [0.1, 0.15) is 60.1 Å². The van der Waals surface area contributed by atoms with Gasteiger partial charge >= 0.3 is 0 Å². The number of hydrogen-bond acceptors (Lipinski definition) is 10. The topological polar surface area (TPSA) is 137 Å². The zero-order valence-electron chi connectivity index (χ0n) is 25.6. The van der Waals surface area contributed by atoms with Crippen LogP contribution in [0.15, 0.2) is 50.9 Å². The van der Waals surface area contributed by atoms with E-state index in [0.29, 0.717) is 27.6 Å². The van der Waals surface area contributed by atoms with Gasteiger partial charge in [0.25, 0.3) is 5.91 Å². The van der Waals surface area contributed by atoms with E-state index in [1.165, 1.54) is 53.0 Å². The molecule has 2 aromatic carbocycles. The third-order valence-corrected chi connectivity index (χ3v) is 9.96. The molecule has 1 amide bonds. The van der Waals surface area contributed by atoms with Crippen molar-refractivity contribution in [3.63, 3.8) is 0 Å². The Bertz CT molecular complexity index is 2140. The van der Waals surface area contributed by atoms with E-state index in [0.717, 1.165) is 37.9 Å². The van der Waals surface area contributed by atoms with Crippen LogP contribution in [0.4, 0.5) is 15.8 Å². The fourth-order valence-electron chi connectivity index (χ4n) is 5.44. The number of terminal acetylenes is 1. The lowest BCUT2D eigenvalue weighted by Crippen LogP contribution is -2.39. The number of carbonyl (C=O) groups excluding carboxylic acids is 2. The first-order chi connectivity index (χ1) is 22.3. The van der Waals surface area contributed by atoms with E-state index in [2.05, 4.69) is 34.3 Å². The van der Waals surface area contributed by atoms with Crippen molar-refractivity contribution in [3.05, 3.63) is 74.9 Å². The fraction of sp³-hybridized carbons (Fsp3) is 0.344. The van der Waals surface area contributed by atoms with Crippen molar-refractivity contribution >= 4 is 56.0 Å². The van der Waals surface area contributed by atoms with E-state index in [-0.39, 0.29) is 51.6 Å². The molecule has 0 saturated heterocycles. The number of hydrogen-bond donors (Lipinski definition) is 0. The SMILES string of the molecule is C#CCN1C(=O)COc2cc(F)c(N=c3snc4n3CC(C)(C)C4)cc21.CS(=O)(=O)c1cc(Cl)ccc1C(=O)c1cnoc1C1CC1. The predicted octanol–water partition coefficient (Wildman–Crippen LogP) is 5.10. The van der Waals surface area contributed by atoms with E-state index in [4.69, 9.17) is 27.3 Å². The molecule has 11 nitrogen and oxygen atoms in total. The minimum Gasteiger partial charge on any atom is -0.481 e. The van der Waals surface area contributed by atoms with Crippen molar-refractivity contribution in [1.29, 1.82) is 0 Å². The molecule has 0 atom stereocenters. The lowest BCUT2D eigenvalue weighted by Gasteiger charge is -2.28. The fourth-order valence-corrected chi connectivity index (χ4v) is 7.34. The predicted molar refractivity (Wildman–Crippen MR) is 172 cm³/mol. The molecule has 3 aliphatic rings. The molecule has 2 aromatic heterocycles. The van der Waals surface area contributed by atoms with Crippen LogP contribution in [0.5, 0.6) is 5.75 Å². The Morgan fingerprint density at radius 1 is 1.26 bits per heavy atom. The molecule has 7 rings (SSSR count). The Hall–Kier alpha value is -4.32. The number of sulfone groups is 1. The van der Waals surface area contributed by atoms with E-state index < -0.39 is 21.4 Å². The van der Waals surface area contributed by atoms with Crippen LogP contribution in [-0.4, -0.2) is 53.6 Å². The van der Waals surface area contributed by atoms with E-state index in [1.54, 1.807) is 0 Å². The average molecular weight is 698 g/mol. The van der Waals surface area contributed by atoms with Crippen molar-refractivity contribution in [3.8, 4) is 18.1 Å². The smallest absolute Gasteiger partial charge is 0.265 e. The lowest BCUT2D eigenvalue weighted by atomic mass is 9.92. The van der Waals surface area contributed by atoms with Gasteiger partial charge in [-0.15, -0.1) is 6.42 Å². The Morgan fingerprint density at radius 3 is 2.72 bits per heavy atom. The molecule has 2 aliphatic heterocycles. The summed E-state index contributed by atoms with van der Waals surface area (Å²) in [4.78, 5) is 31.1. The van der Waals surface area contributed by atoms with Gasteiger partial charge < -0.3 is 13.8 Å². The number of carbonyl (C=O) groups is 2. The van der Waals surface area contributed by atoms with Crippen LogP contribution in [0, 0.1) is 23.6 Å². The normalized spacial score (nSPS) is 16.9. The maximum atomic E-state index is 14.5. The van der Waals surface area contributed by atoms with Crippen molar-refractivity contribution < 1.29 is 31.7 Å². The largest absolute Gasteiger partial charge is 0.481 e. The second-order valence-electron chi connectivity index (χ2n) is 12.3. The summed E-state index contributed by atoms with van der Waals surface area (Å²) in [6.07, 6.45) is 10.5. The number of amides is 1. The summed E-state index contributed by atoms with van der Waals surface area (Å²) in [6.45, 7) is 5.05. The summed E-state index contributed by atoms with van der Waals surface area (Å²) in [6, 6.07) is 6.96. The third kappa shape index (κ3) is 6.74. The zero-order chi connectivity index (χ0) is 33.7. The van der Waals surface area contributed by atoms with Gasteiger partial charge in [0, 0.05) is 53.3 Å². The van der Waals surface area contributed by atoms with Crippen LogP contribution in [0.25, 0.3) is 0 Å². The molecule has 0 spiro atoms. The molecule has 47 heavy (non-hydrogen) atoms. The second kappa shape index (κ2) is 12.4. The summed E-state index contributed by atoms with van der Waals surface area (Å²) in [5.41, 5.74) is 1.09. The number of rotatable bonds is 6. The number of benzene rings is 2. The first-order valence-corrected chi connectivity index (χ1v) is 17.6. The molecule has 4 aromatic rings. The highest BCUT2D eigenvalue weighted by Gasteiger charge is 2.34. The van der Waals surface area contributed by atoms with Gasteiger partial charge in [-0.3, -0.25) is 14.5 Å². The Balaban J connectivity index is 0.000000168. The van der Waals surface area contributed by atoms with Gasteiger partial charge in [0.1, 0.15) is 17.3 Å². The monoisotopic (exact) mass is 697 g/mol. The molecule has 1 saturated carbocycles. The number of nitrogens with zero attached hydrogens (tertiary/aromatic N) is 5. The zero-order valence-corrected chi connectivity index (χ0v) is 28.0. The highest BCUT2D eigenvalue weighted by atomic mass is 35.5. The van der Waals surface area contributed by atoms with Gasteiger partial charge in [0.2, 0.25) is 4.80 Å². The Morgan fingerprint density at radius 2 is 2.02 bits per heavy atom. The van der Waals surface area contributed by atoms with E-state index in [1.807, 2.05) is 4.57 Å². The number of ether oxygens (including phenoxy) is 1. The molecule has 15 heteroatoms. The van der Waals surface area contributed by atoms with E-state index >= 15 is 0 Å². The van der Waals surface area contributed by atoms with Crippen molar-refractivity contribution in [1.82, 2.24) is 14.1 Å². The van der Waals surface area contributed by atoms with Gasteiger partial charge in [-0.2, -0.15) is 4.37 Å².